The third-order valence-corrected chi connectivity index (χ3v) is 3.55. The number of aryl methyl sites for hydroxylation is 1. The summed E-state index contributed by atoms with van der Waals surface area (Å²) < 4.78 is 30.9. The van der Waals surface area contributed by atoms with E-state index in [2.05, 4.69) is 15.6 Å². The van der Waals surface area contributed by atoms with Crippen molar-refractivity contribution in [1.29, 1.82) is 0 Å². The number of hydrogen-bond donors (Lipinski definition) is 2. The molecule has 0 aliphatic rings. The third-order valence-electron chi connectivity index (χ3n) is 2.64. The molecule has 2 amide bonds. The number of hydrogen-bond acceptors (Lipinski definition) is 4. The van der Waals surface area contributed by atoms with Gasteiger partial charge in [-0.15, -0.1) is 11.3 Å². The first kappa shape index (κ1) is 16.2. The van der Waals surface area contributed by atoms with Crippen molar-refractivity contribution in [1.82, 2.24) is 15.6 Å². The van der Waals surface area contributed by atoms with E-state index in [1.807, 2.05) is 6.92 Å². The molecule has 0 bridgehead atoms. The molecule has 0 radical (unpaired) electrons. The second-order valence-corrected chi connectivity index (χ2v) is 5.70. The zero-order valence-corrected chi connectivity index (χ0v) is 12.7. The molecule has 1 aromatic carbocycles. The lowest BCUT2D eigenvalue weighted by Gasteiger charge is -2.08. The number of benzene rings is 1. The molecule has 2 rings (SSSR count). The van der Waals surface area contributed by atoms with E-state index in [9.17, 15) is 13.6 Å². The molecule has 0 fully saturated rings. The Balaban J connectivity index is 1.63. The predicted octanol–water partition coefficient (Wildman–Crippen LogP) is 2.61. The van der Waals surface area contributed by atoms with E-state index in [1.165, 1.54) is 17.4 Å². The average molecular weight is 327 g/mol. The van der Waals surface area contributed by atoms with Gasteiger partial charge in [0.05, 0.1) is 18.1 Å². The number of aromatic nitrogens is 1. The molecule has 0 saturated carbocycles. The maximum atomic E-state index is 12.9. The molecule has 1 aromatic heterocycles. The van der Waals surface area contributed by atoms with Gasteiger partial charge in [-0.05, 0) is 19.1 Å². The van der Waals surface area contributed by atoms with Crippen molar-refractivity contribution in [2.75, 3.05) is 13.2 Å². The summed E-state index contributed by atoms with van der Waals surface area (Å²) in [6, 6.07) is 2.94. The van der Waals surface area contributed by atoms with Crippen molar-refractivity contribution in [3.63, 3.8) is 0 Å². The van der Waals surface area contributed by atoms with Crippen LogP contribution < -0.4 is 15.4 Å². The molecule has 22 heavy (non-hydrogen) atoms. The smallest absolute Gasteiger partial charge is 0.315 e. The first-order chi connectivity index (χ1) is 10.5. The summed E-state index contributed by atoms with van der Waals surface area (Å²) in [5, 5.41) is 6.22. The number of amides is 2. The fourth-order valence-corrected chi connectivity index (χ4v) is 2.35. The number of carbonyl (C=O) groups is 1. The highest BCUT2D eigenvalue weighted by Crippen LogP contribution is 2.15. The van der Waals surface area contributed by atoms with Gasteiger partial charge in [-0.1, -0.05) is 0 Å². The van der Waals surface area contributed by atoms with Crippen molar-refractivity contribution in [3.05, 3.63) is 45.9 Å². The van der Waals surface area contributed by atoms with Crippen LogP contribution in [-0.2, 0) is 6.54 Å². The van der Waals surface area contributed by atoms with Gasteiger partial charge in [0.15, 0.2) is 11.6 Å². The molecule has 8 heteroatoms. The zero-order chi connectivity index (χ0) is 15.9. The molecule has 0 aliphatic carbocycles. The highest BCUT2D eigenvalue weighted by molar-refractivity contribution is 7.11. The summed E-state index contributed by atoms with van der Waals surface area (Å²) in [6.45, 7) is 2.69. The fraction of sp³-hybridized carbons (Fsp3) is 0.286. The number of halogens is 2. The SMILES string of the molecule is Cc1ncc(CNC(=O)NCCOc2ccc(F)c(F)c2)s1. The normalized spacial score (nSPS) is 10.3. The minimum absolute atomic E-state index is 0.151. The number of rotatable bonds is 6. The van der Waals surface area contributed by atoms with Crippen molar-refractivity contribution in [2.45, 2.75) is 13.5 Å². The van der Waals surface area contributed by atoms with Crippen LogP contribution in [0.3, 0.4) is 0 Å². The van der Waals surface area contributed by atoms with Crippen LogP contribution in [-0.4, -0.2) is 24.2 Å². The molecule has 2 N–H and O–H groups in total. The fourth-order valence-electron chi connectivity index (χ4n) is 1.62. The Kier molecular flexibility index (Phi) is 5.65. The minimum Gasteiger partial charge on any atom is -0.492 e. The van der Waals surface area contributed by atoms with Gasteiger partial charge in [0, 0.05) is 17.1 Å². The first-order valence-corrected chi connectivity index (χ1v) is 7.37. The van der Waals surface area contributed by atoms with E-state index in [4.69, 9.17) is 4.74 Å². The van der Waals surface area contributed by atoms with Gasteiger partial charge < -0.3 is 15.4 Å². The van der Waals surface area contributed by atoms with Crippen molar-refractivity contribution >= 4 is 17.4 Å². The van der Waals surface area contributed by atoms with Crippen LogP contribution in [0.25, 0.3) is 0 Å². The van der Waals surface area contributed by atoms with Crippen LogP contribution in [0.1, 0.15) is 9.88 Å². The molecular weight excluding hydrogens is 312 g/mol. The van der Waals surface area contributed by atoms with E-state index < -0.39 is 11.6 Å². The summed E-state index contributed by atoms with van der Waals surface area (Å²) in [5.41, 5.74) is 0. The molecule has 2 aromatic rings. The molecule has 1 heterocycles. The Bertz CT molecular complexity index is 649. The maximum Gasteiger partial charge on any atom is 0.315 e. The number of urea groups is 1. The van der Waals surface area contributed by atoms with Gasteiger partial charge in [0.1, 0.15) is 12.4 Å². The highest BCUT2D eigenvalue weighted by Gasteiger charge is 2.04. The van der Waals surface area contributed by atoms with Gasteiger partial charge in [-0.3, -0.25) is 0 Å². The lowest BCUT2D eigenvalue weighted by atomic mass is 10.3. The lowest BCUT2D eigenvalue weighted by Crippen LogP contribution is -2.37. The quantitative estimate of drug-likeness (QED) is 0.802. The van der Waals surface area contributed by atoms with Crippen molar-refractivity contribution in [3.8, 4) is 5.75 Å². The zero-order valence-electron chi connectivity index (χ0n) is 11.9. The Hall–Kier alpha value is -2.22. The van der Waals surface area contributed by atoms with Crippen LogP contribution >= 0.6 is 11.3 Å². The van der Waals surface area contributed by atoms with E-state index in [0.29, 0.717) is 6.54 Å². The van der Waals surface area contributed by atoms with Gasteiger partial charge >= 0.3 is 6.03 Å². The molecule has 5 nitrogen and oxygen atoms in total. The Labute approximate surface area is 130 Å². The van der Waals surface area contributed by atoms with Crippen LogP contribution in [0, 0.1) is 18.6 Å². The Morgan fingerprint density at radius 2 is 2.14 bits per heavy atom. The van der Waals surface area contributed by atoms with Crippen LogP contribution in [0.4, 0.5) is 13.6 Å². The Morgan fingerprint density at radius 3 is 2.82 bits per heavy atom. The van der Waals surface area contributed by atoms with Crippen LogP contribution in [0.5, 0.6) is 5.75 Å². The minimum atomic E-state index is -0.969. The molecular formula is C14H15F2N3O2S. The summed E-state index contributed by atoms with van der Waals surface area (Å²) in [5.74, 6) is -1.69. The van der Waals surface area contributed by atoms with Crippen LogP contribution in [0.2, 0.25) is 0 Å². The summed E-state index contributed by atoms with van der Waals surface area (Å²) >= 11 is 1.51. The predicted molar refractivity (Wildman–Crippen MR) is 78.9 cm³/mol. The molecule has 0 atom stereocenters. The third kappa shape index (κ3) is 4.96. The monoisotopic (exact) mass is 327 g/mol. The second-order valence-electron chi connectivity index (χ2n) is 4.38. The van der Waals surface area contributed by atoms with Crippen molar-refractivity contribution < 1.29 is 18.3 Å². The maximum absolute atomic E-state index is 12.9. The van der Waals surface area contributed by atoms with Gasteiger partial charge in [0.2, 0.25) is 0 Å². The summed E-state index contributed by atoms with van der Waals surface area (Å²) in [6.07, 6.45) is 1.71. The summed E-state index contributed by atoms with van der Waals surface area (Å²) in [4.78, 5) is 16.6. The Morgan fingerprint density at radius 1 is 1.32 bits per heavy atom. The molecule has 0 saturated heterocycles. The molecule has 0 aliphatic heterocycles. The molecule has 0 spiro atoms. The first-order valence-electron chi connectivity index (χ1n) is 6.55. The lowest BCUT2D eigenvalue weighted by molar-refractivity contribution is 0.236. The molecule has 0 unspecified atom stereocenters. The second kappa shape index (κ2) is 7.69. The average Bonchev–Trinajstić information content (AvgIpc) is 2.91. The van der Waals surface area contributed by atoms with Gasteiger partial charge in [0.25, 0.3) is 0 Å². The topological polar surface area (TPSA) is 63.2 Å². The van der Waals surface area contributed by atoms with E-state index in [1.54, 1.807) is 6.20 Å². The van der Waals surface area contributed by atoms with E-state index in [-0.39, 0.29) is 24.9 Å². The molecule has 118 valence electrons. The standard InChI is InChI=1S/C14H15F2N3O2S/c1-9-18-7-11(22-9)8-19-14(20)17-4-5-21-10-2-3-12(15)13(16)6-10/h2-3,6-7H,4-5,8H2,1H3,(H2,17,19,20). The highest BCUT2D eigenvalue weighted by atomic mass is 32.1. The van der Waals surface area contributed by atoms with E-state index >= 15 is 0 Å². The summed E-state index contributed by atoms with van der Waals surface area (Å²) in [7, 11) is 0. The van der Waals surface area contributed by atoms with Crippen LogP contribution in [0.15, 0.2) is 24.4 Å². The number of nitrogens with zero attached hydrogens (tertiary/aromatic N) is 1. The van der Waals surface area contributed by atoms with Gasteiger partial charge in [-0.25, -0.2) is 18.6 Å². The van der Waals surface area contributed by atoms with E-state index in [0.717, 1.165) is 22.0 Å². The number of carbonyl (C=O) groups excluding carboxylic acids is 1. The number of thiazole rings is 1. The van der Waals surface area contributed by atoms with Gasteiger partial charge in [-0.2, -0.15) is 0 Å². The number of ether oxygens (including phenoxy) is 1. The van der Waals surface area contributed by atoms with Crippen molar-refractivity contribution in [2.24, 2.45) is 0 Å². The number of nitrogens with one attached hydrogen (secondary N) is 2. The largest absolute Gasteiger partial charge is 0.492 e.